The van der Waals surface area contributed by atoms with Crippen LogP contribution in [0.1, 0.15) is 24.8 Å². The standard InChI is InChI=1S/C24H33FN4O2.HI/c1-26-24(28-20-12-15-29(16-13-20)14-7-17-30-2)27-18-19-8-3-5-10-22(19)31-23-11-6-4-9-21(23)25;/h3-6,8-11,20H,7,12-18H2,1-2H3,(H2,26,27,28);1H. The van der Waals surface area contributed by atoms with Crippen molar-refractivity contribution >= 4 is 29.9 Å². The lowest BCUT2D eigenvalue weighted by Crippen LogP contribution is -2.48. The van der Waals surface area contributed by atoms with Crippen molar-refractivity contribution in [1.29, 1.82) is 0 Å². The number of rotatable bonds is 9. The zero-order valence-corrected chi connectivity index (χ0v) is 21.2. The molecule has 2 aromatic rings. The third-order valence-electron chi connectivity index (χ3n) is 5.45. The molecule has 2 aromatic carbocycles. The number of likely N-dealkylation sites (tertiary alicyclic amines) is 1. The van der Waals surface area contributed by atoms with Gasteiger partial charge in [-0.3, -0.25) is 4.99 Å². The summed E-state index contributed by atoms with van der Waals surface area (Å²) in [6, 6.07) is 14.5. The van der Waals surface area contributed by atoms with Crippen LogP contribution in [0.4, 0.5) is 4.39 Å². The van der Waals surface area contributed by atoms with E-state index >= 15 is 0 Å². The van der Waals surface area contributed by atoms with Gasteiger partial charge in [0.1, 0.15) is 5.75 Å². The number of aliphatic imine (C=N–C) groups is 1. The number of piperidine rings is 1. The average Bonchev–Trinajstić information content (AvgIpc) is 2.80. The molecule has 1 saturated heterocycles. The third kappa shape index (κ3) is 8.22. The molecule has 1 aliphatic rings. The molecule has 1 aliphatic heterocycles. The molecule has 32 heavy (non-hydrogen) atoms. The van der Waals surface area contributed by atoms with Crippen LogP contribution in [0.3, 0.4) is 0 Å². The number of para-hydroxylation sites is 2. The van der Waals surface area contributed by atoms with E-state index in [1.807, 2.05) is 24.3 Å². The SMILES string of the molecule is CN=C(NCc1ccccc1Oc1ccccc1F)NC1CCN(CCCOC)CC1.I. The molecule has 0 radical (unpaired) electrons. The number of hydrogen-bond donors (Lipinski definition) is 2. The zero-order chi connectivity index (χ0) is 21.9. The summed E-state index contributed by atoms with van der Waals surface area (Å²) in [5.41, 5.74) is 0.932. The maximum atomic E-state index is 14.0. The number of hydrogen-bond acceptors (Lipinski definition) is 4. The molecule has 0 saturated carbocycles. The Morgan fingerprint density at radius 2 is 1.78 bits per heavy atom. The van der Waals surface area contributed by atoms with Gasteiger partial charge in [-0.2, -0.15) is 0 Å². The van der Waals surface area contributed by atoms with Crippen molar-refractivity contribution in [3.63, 3.8) is 0 Å². The van der Waals surface area contributed by atoms with Crippen LogP contribution in [-0.2, 0) is 11.3 Å². The van der Waals surface area contributed by atoms with E-state index in [4.69, 9.17) is 9.47 Å². The number of benzene rings is 2. The summed E-state index contributed by atoms with van der Waals surface area (Å²) in [6.45, 7) is 4.60. The molecule has 0 amide bonds. The van der Waals surface area contributed by atoms with E-state index < -0.39 is 0 Å². The predicted octanol–water partition coefficient (Wildman–Crippen LogP) is 4.40. The highest BCUT2D eigenvalue weighted by molar-refractivity contribution is 14.0. The van der Waals surface area contributed by atoms with Crippen molar-refractivity contribution in [1.82, 2.24) is 15.5 Å². The Morgan fingerprint density at radius 3 is 2.47 bits per heavy atom. The molecule has 0 aromatic heterocycles. The monoisotopic (exact) mass is 556 g/mol. The van der Waals surface area contributed by atoms with Crippen LogP contribution in [0, 0.1) is 5.82 Å². The van der Waals surface area contributed by atoms with Crippen molar-refractivity contribution in [3.05, 3.63) is 59.9 Å². The fraction of sp³-hybridized carbons (Fsp3) is 0.458. The second-order valence-electron chi connectivity index (χ2n) is 7.67. The molecule has 8 heteroatoms. The molecule has 0 aliphatic carbocycles. The van der Waals surface area contributed by atoms with Crippen molar-refractivity contribution in [3.8, 4) is 11.5 Å². The molecule has 0 spiro atoms. The lowest BCUT2D eigenvalue weighted by atomic mass is 10.1. The van der Waals surface area contributed by atoms with Crippen molar-refractivity contribution < 1.29 is 13.9 Å². The summed E-state index contributed by atoms with van der Waals surface area (Å²) in [7, 11) is 3.52. The minimum absolute atomic E-state index is 0. The first kappa shape index (κ1) is 26.3. The van der Waals surface area contributed by atoms with Crippen LogP contribution in [0.2, 0.25) is 0 Å². The summed E-state index contributed by atoms with van der Waals surface area (Å²) in [5.74, 6) is 1.23. The first-order chi connectivity index (χ1) is 15.2. The second kappa shape index (κ2) is 14.3. The highest BCUT2D eigenvalue weighted by Gasteiger charge is 2.19. The number of halogens is 2. The van der Waals surface area contributed by atoms with E-state index in [1.165, 1.54) is 6.07 Å². The lowest BCUT2D eigenvalue weighted by Gasteiger charge is -2.33. The Hall–Kier alpha value is -1.91. The summed E-state index contributed by atoms with van der Waals surface area (Å²) >= 11 is 0. The van der Waals surface area contributed by atoms with Gasteiger partial charge in [0, 0.05) is 58.5 Å². The van der Waals surface area contributed by atoms with Crippen molar-refractivity contribution in [2.45, 2.75) is 31.8 Å². The number of nitrogens with one attached hydrogen (secondary N) is 2. The summed E-state index contributed by atoms with van der Waals surface area (Å²) in [5, 5.41) is 6.89. The Bertz CT molecular complexity index is 844. The van der Waals surface area contributed by atoms with Crippen LogP contribution in [0.5, 0.6) is 11.5 Å². The maximum absolute atomic E-state index is 14.0. The highest BCUT2D eigenvalue weighted by Crippen LogP contribution is 2.27. The molecule has 0 unspecified atom stereocenters. The summed E-state index contributed by atoms with van der Waals surface area (Å²) in [4.78, 5) is 6.86. The fourth-order valence-electron chi connectivity index (χ4n) is 3.70. The van der Waals surface area contributed by atoms with Crippen LogP contribution in [0.25, 0.3) is 0 Å². The molecular formula is C24H34FIN4O2. The Kier molecular flexibility index (Phi) is 11.8. The molecule has 6 nitrogen and oxygen atoms in total. The van der Waals surface area contributed by atoms with Gasteiger partial charge < -0.3 is 25.0 Å². The van der Waals surface area contributed by atoms with E-state index in [-0.39, 0.29) is 35.5 Å². The Labute approximate surface area is 207 Å². The second-order valence-corrected chi connectivity index (χ2v) is 7.67. The van der Waals surface area contributed by atoms with Gasteiger partial charge in [-0.1, -0.05) is 30.3 Å². The van der Waals surface area contributed by atoms with Crippen molar-refractivity contribution in [2.24, 2.45) is 4.99 Å². The van der Waals surface area contributed by atoms with Gasteiger partial charge in [0.25, 0.3) is 0 Å². The van der Waals surface area contributed by atoms with Gasteiger partial charge in [-0.15, -0.1) is 24.0 Å². The Balaban J connectivity index is 0.00000363. The molecule has 2 N–H and O–H groups in total. The Morgan fingerprint density at radius 1 is 1.09 bits per heavy atom. The maximum Gasteiger partial charge on any atom is 0.191 e. The average molecular weight is 556 g/mol. The van der Waals surface area contributed by atoms with Gasteiger partial charge in [-0.05, 0) is 37.5 Å². The number of ether oxygens (including phenoxy) is 2. The van der Waals surface area contributed by atoms with Crippen LogP contribution in [0.15, 0.2) is 53.5 Å². The van der Waals surface area contributed by atoms with E-state index in [0.717, 1.165) is 57.0 Å². The highest BCUT2D eigenvalue weighted by atomic mass is 127. The topological polar surface area (TPSA) is 58.1 Å². The lowest BCUT2D eigenvalue weighted by molar-refractivity contribution is 0.155. The van der Waals surface area contributed by atoms with E-state index in [0.29, 0.717) is 18.3 Å². The van der Waals surface area contributed by atoms with Gasteiger partial charge >= 0.3 is 0 Å². The minimum Gasteiger partial charge on any atom is -0.454 e. The number of nitrogens with zero attached hydrogens (tertiary/aromatic N) is 2. The van der Waals surface area contributed by atoms with Crippen LogP contribution in [-0.4, -0.2) is 57.3 Å². The van der Waals surface area contributed by atoms with Gasteiger partial charge in [0.05, 0.1) is 0 Å². The first-order valence-corrected chi connectivity index (χ1v) is 10.9. The molecule has 1 fully saturated rings. The number of guanidine groups is 1. The van der Waals surface area contributed by atoms with Crippen LogP contribution >= 0.6 is 24.0 Å². The third-order valence-corrected chi connectivity index (χ3v) is 5.45. The van der Waals surface area contributed by atoms with Gasteiger partial charge in [0.15, 0.2) is 17.5 Å². The molecule has 3 rings (SSSR count). The molecule has 1 heterocycles. The summed E-state index contributed by atoms with van der Waals surface area (Å²) in [6.07, 6.45) is 3.24. The van der Waals surface area contributed by atoms with Crippen molar-refractivity contribution in [2.75, 3.05) is 40.4 Å². The molecule has 0 atom stereocenters. The van der Waals surface area contributed by atoms with E-state index in [9.17, 15) is 4.39 Å². The predicted molar refractivity (Wildman–Crippen MR) is 138 cm³/mol. The minimum atomic E-state index is -0.378. The molecule has 176 valence electrons. The number of methoxy groups -OCH3 is 1. The van der Waals surface area contributed by atoms with E-state index in [1.54, 1.807) is 32.4 Å². The molecular weight excluding hydrogens is 522 g/mol. The van der Waals surface area contributed by atoms with Gasteiger partial charge in [-0.25, -0.2) is 4.39 Å². The quantitative estimate of drug-likeness (QED) is 0.208. The zero-order valence-electron chi connectivity index (χ0n) is 18.9. The van der Waals surface area contributed by atoms with Gasteiger partial charge in [0.2, 0.25) is 0 Å². The summed E-state index contributed by atoms with van der Waals surface area (Å²) < 4.78 is 24.9. The normalized spacial score (nSPS) is 15.2. The molecule has 0 bridgehead atoms. The first-order valence-electron chi connectivity index (χ1n) is 10.9. The smallest absolute Gasteiger partial charge is 0.191 e. The fourth-order valence-corrected chi connectivity index (χ4v) is 3.70. The largest absolute Gasteiger partial charge is 0.454 e. The van der Waals surface area contributed by atoms with Crippen LogP contribution < -0.4 is 15.4 Å². The van der Waals surface area contributed by atoms with E-state index in [2.05, 4.69) is 20.5 Å².